The van der Waals surface area contributed by atoms with Gasteiger partial charge in [-0.25, -0.2) is 4.79 Å². The van der Waals surface area contributed by atoms with Crippen LogP contribution in [0.5, 0.6) is 0 Å². The first-order valence-electron chi connectivity index (χ1n) is 12.0. The topological polar surface area (TPSA) is 76.2 Å². The van der Waals surface area contributed by atoms with E-state index in [0.717, 1.165) is 31.2 Å². The van der Waals surface area contributed by atoms with Crippen LogP contribution >= 0.6 is 0 Å². The van der Waals surface area contributed by atoms with E-state index in [1.165, 1.54) is 0 Å². The van der Waals surface area contributed by atoms with E-state index < -0.39 is 11.9 Å². The highest BCUT2D eigenvalue weighted by molar-refractivity contribution is 5.99. The number of carbonyl (C=O) groups is 3. The molecule has 0 spiro atoms. The van der Waals surface area contributed by atoms with Crippen LogP contribution in [-0.4, -0.2) is 60.1 Å². The van der Waals surface area contributed by atoms with E-state index in [-0.39, 0.29) is 30.6 Å². The van der Waals surface area contributed by atoms with E-state index in [9.17, 15) is 14.4 Å². The van der Waals surface area contributed by atoms with E-state index in [4.69, 9.17) is 9.47 Å². The fourth-order valence-corrected chi connectivity index (χ4v) is 4.72. The van der Waals surface area contributed by atoms with Crippen molar-refractivity contribution in [2.45, 2.75) is 65.0 Å². The lowest BCUT2D eigenvalue weighted by atomic mass is 9.87. The van der Waals surface area contributed by atoms with E-state index in [1.807, 2.05) is 35.2 Å². The Balaban J connectivity index is 1.56. The minimum atomic E-state index is -0.724. The number of benzene rings is 1. The number of carbonyl (C=O) groups excluding carboxylic acids is 3. The standard InChI is InChI=1S/C25H36N2O5/c1-3-5-16-31-25(30)26-14-13-22(20(17-26)9-4-2)27-15-12-21(23(27)28)24(29)32-18-19-10-7-6-8-11-19/h6-8,10-11,20-22H,3-5,9,12-18H2,1-2H3/t20?,21-,22?/m0/s1. The fraction of sp³-hybridized carbons (Fsp3) is 0.640. The van der Waals surface area contributed by atoms with E-state index in [1.54, 1.807) is 4.90 Å². The average Bonchev–Trinajstić information content (AvgIpc) is 3.19. The minimum Gasteiger partial charge on any atom is -0.460 e. The van der Waals surface area contributed by atoms with E-state index >= 15 is 0 Å². The highest BCUT2D eigenvalue weighted by Crippen LogP contribution is 2.32. The predicted octanol–water partition coefficient (Wildman–Crippen LogP) is 4.01. The highest BCUT2D eigenvalue weighted by atomic mass is 16.6. The number of nitrogens with zero attached hydrogens (tertiary/aromatic N) is 2. The maximum atomic E-state index is 13.1. The Morgan fingerprint density at radius 2 is 1.81 bits per heavy atom. The van der Waals surface area contributed by atoms with Gasteiger partial charge in [-0.3, -0.25) is 9.59 Å². The molecule has 0 saturated carbocycles. The molecule has 0 bridgehead atoms. The lowest BCUT2D eigenvalue weighted by Crippen LogP contribution is -2.53. The van der Waals surface area contributed by atoms with Gasteiger partial charge in [-0.15, -0.1) is 0 Å². The van der Waals surface area contributed by atoms with Gasteiger partial charge in [0.05, 0.1) is 6.61 Å². The Morgan fingerprint density at radius 3 is 2.53 bits per heavy atom. The maximum Gasteiger partial charge on any atom is 0.409 e. The molecule has 2 aliphatic heterocycles. The summed E-state index contributed by atoms with van der Waals surface area (Å²) in [6.07, 6.45) is 4.70. The third kappa shape index (κ3) is 6.02. The molecule has 0 N–H and O–H groups in total. The first-order valence-corrected chi connectivity index (χ1v) is 12.0. The van der Waals surface area contributed by atoms with Crippen LogP contribution < -0.4 is 0 Å². The zero-order chi connectivity index (χ0) is 22.9. The number of piperidine rings is 1. The van der Waals surface area contributed by atoms with Crippen LogP contribution in [0.1, 0.15) is 57.9 Å². The monoisotopic (exact) mass is 444 g/mol. The van der Waals surface area contributed by atoms with Gasteiger partial charge in [-0.1, -0.05) is 57.0 Å². The van der Waals surface area contributed by atoms with Crippen molar-refractivity contribution < 1.29 is 23.9 Å². The number of ether oxygens (including phenoxy) is 2. The summed E-state index contributed by atoms with van der Waals surface area (Å²) in [6.45, 7) is 6.54. The number of hydrogen-bond acceptors (Lipinski definition) is 5. The summed E-state index contributed by atoms with van der Waals surface area (Å²) in [4.78, 5) is 41.8. The Kier molecular flexibility index (Phi) is 8.94. The zero-order valence-electron chi connectivity index (χ0n) is 19.3. The van der Waals surface area contributed by atoms with E-state index in [0.29, 0.717) is 39.1 Å². The number of esters is 1. The lowest BCUT2D eigenvalue weighted by Gasteiger charge is -2.42. The molecule has 3 atom stereocenters. The molecule has 32 heavy (non-hydrogen) atoms. The Hall–Kier alpha value is -2.57. The zero-order valence-corrected chi connectivity index (χ0v) is 19.3. The van der Waals surface area contributed by atoms with Gasteiger partial charge in [-0.05, 0) is 37.2 Å². The van der Waals surface area contributed by atoms with Crippen LogP contribution in [0, 0.1) is 11.8 Å². The predicted molar refractivity (Wildman–Crippen MR) is 121 cm³/mol. The molecule has 1 aromatic carbocycles. The van der Waals surface area contributed by atoms with Crippen LogP contribution in [0.3, 0.4) is 0 Å². The van der Waals surface area contributed by atoms with Crippen molar-refractivity contribution in [1.82, 2.24) is 9.80 Å². The molecule has 2 fully saturated rings. The summed E-state index contributed by atoms with van der Waals surface area (Å²) in [5.41, 5.74) is 0.907. The molecule has 1 aromatic rings. The molecule has 3 rings (SSSR count). The van der Waals surface area contributed by atoms with Crippen molar-refractivity contribution in [2.75, 3.05) is 26.2 Å². The van der Waals surface area contributed by atoms with Gasteiger partial charge in [0.1, 0.15) is 12.5 Å². The van der Waals surface area contributed by atoms with Crippen molar-refractivity contribution in [2.24, 2.45) is 11.8 Å². The first-order chi connectivity index (χ1) is 15.5. The largest absolute Gasteiger partial charge is 0.460 e. The molecule has 2 unspecified atom stereocenters. The van der Waals surface area contributed by atoms with Crippen LogP contribution in [0.2, 0.25) is 0 Å². The summed E-state index contributed by atoms with van der Waals surface area (Å²) >= 11 is 0. The van der Waals surface area contributed by atoms with Gasteiger partial charge >= 0.3 is 12.1 Å². The Labute approximate surface area is 191 Å². The molecule has 176 valence electrons. The number of unbranched alkanes of at least 4 members (excludes halogenated alkanes) is 1. The van der Waals surface area contributed by atoms with Crippen molar-refractivity contribution in [1.29, 1.82) is 0 Å². The molecule has 0 aliphatic carbocycles. The molecule has 2 heterocycles. The summed E-state index contributed by atoms with van der Waals surface area (Å²) in [7, 11) is 0. The van der Waals surface area contributed by atoms with E-state index in [2.05, 4.69) is 13.8 Å². The highest BCUT2D eigenvalue weighted by Gasteiger charge is 2.44. The van der Waals surface area contributed by atoms with Gasteiger partial charge in [0.2, 0.25) is 5.91 Å². The molecule has 0 radical (unpaired) electrons. The third-order valence-corrected chi connectivity index (χ3v) is 6.48. The fourth-order valence-electron chi connectivity index (χ4n) is 4.72. The van der Waals surface area contributed by atoms with Gasteiger partial charge < -0.3 is 19.3 Å². The van der Waals surface area contributed by atoms with Crippen LogP contribution in [0.4, 0.5) is 4.79 Å². The normalized spacial score (nSPS) is 23.3. The quantitative estimate of drug-likeness (QED) is 0.327. The summed E-state index contributed by atoms with van der Waals surface area (Å²) < 4.78 is 10.8. The average molecular weight is 445 g/mol. The third-order valence-electron chi connectivity index (χ3n) is 6.48. The molecule has 2 amide bonds. The molecule has 0 aromatic heterocycles. The van der Waals surface area contributed by atoms with Crippen LogP contribution in [0.15, 0.2) is 30.3 Å². The van der Waals surface area contributed by atoms with Gasteiger partial charge in [-0.2, -0.15) is 0 Å². The first kappa shape index (κ1) is 24.1. The smallest absolute Gasteiger partial charge is 0.409 e. The van der Waals surface area contributed by atoms with Crippen molar-refractivity contribution in [3.63, 3.8) is 0 Å². The van der Waals surface area contributed by atoms with Crippen LogP contribution in [0.25, 0.3) is 0 Å². The summed E-state index contributed by atoms with van der Waals surface area (Å²) in [5.74, 6) is -1.10. The molecule has 7 heteroatoms. The SMILES string of the molecule is CCCCOC(=O)N1CCC(N2CC[C@H](C(=O)OCc3ccccc3)C2=O)C(CCC)C1. The molecular weight excluding hydrogens is 408 g/mol. The second-order valence-corrected chi connectivity index (χ2v) is 8.78. The molecule has 2 aliphatic rings. The molecule has 2 saturated heterocycles. The second-order valence-electron chi connectivity index (χ2n) is 8.78. The number of hydrogen-bond donors (Lipinski definition) is 0. The Morgan fingerprint density at radius 1 is 1.03 bits per heavy atom. The number of rotatable bonds is 9. The van der Waals surface area contributed by atoms with Crippen LogP contribution in [-0.2, 0) is 25.7 Å². The lowest BCUT2D eigenvalue weighted by molar-refractivity contribution is -0.154. The van der Waals surface area contributed by atoms with Gasteiger partial charge in [0.25, 0.3) is 0 Å². The number of likely N-dealkylation sites (tertiary alicyclic amines) is 2. The van der Waals surface area contributed by atoms with Gasteiger partial charge in [0, 0.05) is 25.7 Å². The number of amides is 2. The minimum absolute atomic E-state index is 0.0501. The maximum absolute atomic E-state index is 13.1. The molecular formula is C25H36N2O5. The van der Waals surface area contributed by atoms with Crippen molar-refractivity contribution >= 4 is 18.0 Å². The summed E-state index contributed by atoms with van der Waals surface area (Å²) in [6, 6.07) is 9.54. The Bertz CT molecular complexity index is 769. The second kappa shape index (κ2) is 11.9. The van der Waals surface area contributed by atoms with Gasteiger partial charge in [0.15, 0.2) is 0 Å². The molecule has 7 nitrogen and oxygen atoms in total. The van der Waals surface area contributed by atoms with Crippen molar-refractivity contribution in [3.05, 3.63) is 35.9 Å². The summed E-state index contributed by atoms with van der Waals surface area (Å²) in [5, 5.41) is 0. The van der Waals surface area contributed by atoms with Crippen molar-refractivity contribution in [3.8, 4) is 0 Å².